The minimum absolute atomic E-state index is 0. The van der Waals surface area contributed by atoms with E-state index in [1.165, 1.54) is 13.8 Å². The van der Waals surface area contributed by atoms with Gasteiger partial charge >= 0.3 is 47.2 Å². The maximum absolute atomic E-state index is 11.4. The second kappa shape index (κ2) is 7.24. The number of nitrogens with one attached hydrogen (secondary N) is 1. The molecule has 1 heterocycles. The van der Waals surface area contributed by atoms with E-state index in [0.29, 0.717) is 4.57 Å². The van der Waals surface area contributed by atoms with Gasteiger partial charge in [0, 0.05) is 6.04 Å². The van der Waals surface area contributed by atoms with Crippen molar-refractivity contribution >= 4 is 41.5 Å². The van der Waals surface area contributed by atoms with Crippen molar-refractivity contribution in [1.82, 2.24) is 9.55 Å². The molecule has 0 atom stereocenters. The third-order valence-corrected chi connectivity index (χ3v) is 2.08. The fourth-order valence-electron chi connectivity index (χ4n) is 1.45. The van der Waals surface area contributed by atoms with Crippen LogP contribution in [0.2, 0.25) is 0 Å². The molecule has 0 spiro atoms. The number of hydrogen-bond acceptors (Lipinski definition) is 4. The number of aromatic amines is 1. The van der Waals surface area contributed by atoms with E-state index in [4.69, 9.17) is 10.2 Å². The predicted octanol–water partition coefficient (Wildman–Crippen LogP) is -1.96. The van der Waals surface area contributed by atoms with Crippen molar-refractivity contribution in [3.05, 3.63) is 32.1 Å². The Kier molecular flexibility index (Phi) is 7.58. The third-order valence-electron chi connectivity index (χ3n) is 2.08. The van der Waals surface area contributed by atoms with E-state index in [-0.39, 0.29) is 35.0 Å². The van der Waals surface area contributed by atoms with E-state index in [9.17, 15) is 19.2 Å². The van der Waals surface area contributed by atoms with E-state index in [0.717, 1.165) is 0 Å². The summed E-state index contributed by atoms with van der Waals surface area (Å²) in [5, 5.41) is 17.7. The summed E-state index contributed by atoms with van der Waals surface area (Å²) in [6.45, 7) is 3.00. The average Bonchev–Trinajstić information content (AvgIpc) is 2.14. The van der Waals surface area contributed by atoms with Gasteiger partial charge in [-0.05, 0) is 13.8 Å². The molecule has 102 valence electrons. The van der Waals surface area contributed by atoms with Crippen LogP contribution in [-0.2, 0) is 0 Å². The second-order valence-electron chi connectivity index (χ2n) is 3.56. The molecular formula is C9H13N2NaO7. The van der Waals surface area contributed by atoms with E-state index < -0.39 is 40.5 Å². The summed E-state index contributed by atoms with van der Waals surface area (Å²) in [7, 11) is 0. The Morgan fingerprint density at radius 1 is 1.16 bits per heavy atom. The molecular weight excluding hydrogens is 271 g/mol. The third kappa shape index (κ3) is 3.77. The molecule has 1 aromatic heterocycles. The zero-order valence-corrected chi connectivity index (χ0v) is 9.55. The standard InChI is InChI=1S/C9H10N2O6.Na.H2O.H/c1-3(2)11-5(8(15)16)4(7(13)14)6(12)10-9(11)17;;;/h3H,1-2H3,(H,13,14)(H,15,16)(H,10,12,17);;1H2;. The minimum atomic E-state index is -1.70. The molecule has 9 nitrogen and oxygen atoms in total. The molecule has 0 saturated heterocycles. The van der Waals surface area contributed by atoms with Gasteiger partial charge in [0.15, 0.2) is 11.3 Å². The second-order valence-corrected chi connectivity index (χ2v) is 3.56. The molecule has 0 aliphatic carbocycles. The summed E-state index contributed by atoms with van der Waals surface area (Å²) in [6, 6.07) is -0.594. The van der Waals surface area contributed by atoms with Gasteiger partial charge in [0.05, 0.1) is 0 Å². The fourth-order valence-corrected chi connectivity index (χ4v) is 1.45. The zero-order valence-electron chi connectivity index (χ0n) is 9.55. The van der Waals surface area contributed by atoms with Crippen molar-refractivity contribution in [2.24, 2.45) is 0 Å². The van der Waals surface area contributed by atoms with Crippen LogP contribution in [0.15, 0.2) is 9.59 Å². The van der Waals surface area contributed by atoms with Gasteiger partial charge in [-0.25, -0.2) is 14.4 Å². The molecule has 1 rings (SSSR count). The van der Waals surface area contributed by atoms with E-state index in [2.05, 4.69) is 0 Å². The van der Waals surface area contributed by atoms with Gasteiger partial charge in [0.2, 0.25) is 0 Å². The summed E-state index contributed by atoms with van der Waals surface area (Å²) in [5.74, 6) is -3.34. The number of carboxylic acid groups (broad SMARTS) is 2. The fraction of sp³-hybridized carbons (Fsp3) is 0.333. The van der Waals surface area contributed by atoms with Crippen molar-refractivity contribution < 1.29 is 25.3 Å². The summed E-state index contributed by atoms with van der Waals surface area (Å²) in [5.41, 5.74) is -3.95. The predicted molar refractivity (Wildman–Crippen MR) is 66.4 cm³/mol. The molecule has 0 amide bonds. The van der Waals surface area contributed by atoms with E-state index in [1.807, 2.05) is 0 Å². The molecule has 0 aromatic carbocycles. The van der Waals surface area contributed by atoms with Gasteiger partial charge in [-0.15, -0.1) is 0 Å². The van der Waals surface area contributed by atoms with Crippen LogP contribution in [0.3, 0.4) is 0 Å². The molecule has 0 radical (unpaired) electrons. The molecule has 0 bridgehead atoms. The Hall–Kier alpha value is -1.42. The molecule has 0 aliphatic heterocycles. The number of H-pyrrole nitrogens is 1. The Morgan fingerprint density at radius 3 is 1.95 bits per heavy atom. The number of carboxylic acids is 2. The number of carbonyl (C=O) groups is 2. The first-order valence-corrected chi connectivity index (χ1v) is 4.62. The topological polar surface area (TPSA) is 161 Å². The quantitative estimate of drug-likeness (QED) is 0.546. The molecule has 0 saturated carbocycles. The number of hydrogen-bond donors (Lipinski definition) is 3. The summed E-state index contributed by atoms with van der Waals surface area (Å²) in [4.78, 5) is 46.3. The van der Waals surface area contributed by atoms with Crippen LogP contribution in [-0.4, -0.2) is 66.7 Å². The molecule has 1 aromatic rings. The first-order valence-electron chi connectivity index (χ1n) is 4.62. The molecule has 0 aliphatic rings. The van der Waals surface area contributed by atoms with Crippen LogP contribution in [0.5, 0.6) is 0 Å². The molecule has 0 fully saturated rings. The van der Waals surface area contributed by atoms with Crippen LogP contribution in [0.25, 0.3) is 0 Å². The first-order chi connectivity index (χ1) is 7.77. The van der Waals surface area contributed by atoms with Gasteiger partial charge in [0.1, 0.15) is 0 Å². The van der Waals surface area contributed by atoms with Crippen LogP contribution in [0.4, 0.5) is 0 Å². The SMILES string of the molecule is CC(C)n1c(C(=O)O)c(C(=O)O)c(=O)[nH]c1=O.O.[NaH]. The Balaban J connectivity index is 0. The molecule has 5 N–H and O–H groups in total. The van der Waals surface area contributed by atoms with Gasteiger partial charge < -0.3 is 15.7 Å². The molecule has 0 unspecified atom stereocenters. The normalized spacial score (nSPS) is 9.42. The van der Waals surface area contributed by atoms with Crippen molar-refractivity contribution in [3.8, 4) is 0 Å². The zero-order chi connectivity index (χ0) is 13.3. The van der Waals surface area contributed by atoms with Gasteiger partial charge in [-0.3, -0.25) is 14.3 Å². The van der Waals surface area contributed by atoms with E-state index >= 15 is 0 Å². The van der Waals surface area contributed by atoms with Gasteiger partial charge in [0.25, 0.3) is 5.56 Å². The Bertz CT molecular complexity index is 602. The monoisotopic (exact) mass is 284 g/mol. The van der Waals surface area contributed by atoms with Crippen LogP contribution >= 0.6 is 0 Å². The number of aromatic nitrogens is 2. The maximum atomic E-state index is 11.4. The van der Waals surface area contributed by atoms with Crippen LogP contribution < -0.4 is 11.2 Å². The van der Waals surface area contributed by atoms with Gasteiger partial charge in [-0.1, -0.05) is 0 Å². The van der Waals surface area contributed by atoms with Crippen LogP contribution in [0.1, 0.15) is 40.7 Å². The summed E-state index contributed by atoms with van der Waals surface area (Å²) < 4.78 is 0.715. The molecule has 10 heteroatoms. The van der Waals surface area contributed by atoms with Crippen molar-refractivity contribution in [2.45, 2.75) is 19.9 Å². The van der Waals surface area contributed by atoms with Crippen molar-refractivity contribution in [3.63, 3.8) is 0 Å². The first kappa shape index (κ1) is 19.9. The molecule has 19 heavy (non-hydrogen) atoms. The average molecular weight is 284 g/mol. The van der Waals surface area contributed by atoms with Crippen molar-refractivity contribution in [1.29, 1.82) is 0 Å². The van der Waals surface area contributed by atoms with E-state index in [1.54, 1.807) is 4.98 Å². The number of nitrogens with zero attached hydrogens (tertiary/aromatic N) is 1. The van der Waals surface area contributed by atoms with Crippen LogP contribution in [0, 0.1) is 0 Å². The summed E-state index contributed by atoms with van der Waals surface area (Å²) >= 11 is 0. The summed E-state index contributed by atoms with van der Waals surface area (Å²) in [6.07, 6.45) is 0. The van der Waals surface area contributed by atoms with Crippen molar-refractivity contribution in [2.75, 3.05) is 0 Å². The Morgan fingerprint density at radius 2 is 1.63 bits per heavy atom. The Labute approximate surface area is 128 Å². The van der Waals surface area contributed by atoms with Gasteiger partial charge in [-0.2, -0.15) is 0 Å². The number of rotatable bonds is 3. The number of aromatic carboxylic acids is 2.